The lowest BCUT2D eigenvalue weighted by atomic mass is 9.88. The van der Waals surface area contributed by atoms with Crippen molar-refractivity contribution in [2.75, 3.05) is 0 Å². The number of nitrogens with one attached hydrogen (secondary N) is 2. The summed E-state index contributed by atoms with van der Waals surface area (Å²) >= 11 is 0. The molecule has 5 nitrogen and oxygen atoms in total. The Hall–Kier alpha value is -1.26. The van der Waals surface area contributed by atoms with Gasteiger partial charge in [0.2, 0.25) is 0 Å². The minimum Gasteiger partial charge on any atom is -0.481 e. The molecule has 2 atom stereocenters. The Bertz CT molecular complexity index is 319. The molecule has 2 unspecified atom stereocenters. The van der Waals surface area contributed by atoms with E-state index in [-0.39, 0.29) is 30.0 Å². The van der Waals surface area contributed by atoms with Gasteiger partial charge in [-0.3, -0.25) is 4.79 Å². The highest BCUT2D eigenvalue weighted by atomic mass is 16.4. The normalized spacial score (nSPS) is 18.9. The first-order chi connectivity index (χ1) is 8.20. The van der Waals surface area contributed by atoms with E-state index >= 15 is 0 Å². The van der Waals surface area contributed by atoms with E-state index in [1.165, 1.54) is 0 Å². The fraction of sp³-hybridized carbons (Fsp3) is 0.846. The van der Waals surface area contributed by atoms with Crippen LogP contribution >= 0.6 is 0 Å². The zero-order chi connectivity index (χ0) is 13.9. The number of carboxylic acids is 1. The highest BCUT2D eigenvalue weighted by Gasteiger charge is 2.34. The van der Waals surface area contributed by atoms with Gasteiger partial charge in [-0.05, 0) is 31.1 Å². The Morgan fingerprint density at radius 1 is 1.28 bits per heavy atom. The van der Waals surface area contributed by atoms with Crippen molar-refractivity contribution in [2.45, 2.75) is 59.0 Å². The van der Waals surface area contributed by atoms with Crippen LogP contribution in [0.15, 0.2) is 0 Å². The molecule has 104 valence electrons. The quantitative estimate of drug-likeness (QED) is 0.703. The molecular weight excluding hydrogens is 232 g/mol. The predicted octanol–water partition coefficient (Wildman–Crippen LogP) is 1.97. The maximum absolute atomic E-state index is 11.8. The van der Waals surface area contributed by atoms with Crippen LogP contribution in [0.3, 0.4) is 0 Å². The smallest absolute Gasteiger partial charge is 0.315 e. The SMILES string of the molecule is CC(NC(=O)NC(CC(=O)O)C1CC1)C(C)(C)C. The van der Waals surface area contributed by atoms with Gasteiger partial charge in [-0.1, -0.05) is 20.8 Å². The maximum atomic E-state index is 11.8. The van der Waals surface area contributed by atoms with E-state index in [9.17, 15) is 9.59 Å². The molecule has 1 aliphatic rings. The van der Waals surface area contributed by atoms with Gasteiger partial charge in [0.05, 0.1) is 6.42 Å². The van der Waals surface area contributed by atoms with Gasteiger partial charge in [0, 0.05) is 12.1 Å². The number of aliphatic carboxylic acids is 1. The average molecular weight is 256 g/mol. The van der Waals surface area contributed by atoms with Crippen molar-refractivity contribution in [3.8, 4) is 0 Å². The molecule has 1 saturated carbocycles. The minimum absolute atomic E-state index is 0.00197. The summed E-state index contributed by atoms with van der Waals surface area (Å²) in [5.41, 5.74) is -0.0147. The van der Waals surface area contributed by atoms with E-state index in [1.54, 1.807) is 0 Å². The van der Waals surface area contributed by atoms with E-state index in [4.69, 9.17) is 5.11 Å². The predicted molar refractivity (Wildman–Crippen MR) is 69.3 cm³/mol. The highest BCUT2D eigenvalue weighted by molar-refractivity contribution is 5.76. The van der Waals surface area contributed by atoms with Crippen molar-refractivity contribution in [3.63, 3.8) is 0 Å². The van der Waals surface area contributed by atoms with Crippen molar-refractivity contribution in [1.29, 1.82) is 0 Å². The van der Waals surface area contributed by atoms with E-state index in [1.807, 2.05) is 27.7 Å². The van der Waals surface area contributed by atoms with Crippen LogP contribution in [-0.2, 0) is 4.79 Å². The van der Waals surface area contributed by atoms with Crippen LogP contribution in [0.4, 0.5) is 4.79 Å². The van der Waals surface area contributed by atoms with Crippen LogP contribution in [0.5, 0.6) is 0 Å². The Kier molecular flexibility index (Phi) is 4.59. The largest absolute Gasteiger partial charge is 0.481 e. The molecule has 0 radical (unpaired) electrons. The molecule has 1 rings (SSSR count). The lowest BCUT2D eigenvalue weighted by Crippen LogP contribution is -2.50. The van der Waals surface area contributed by atoms with E-state index in [0.717, 1.165) is 12.8 Å². The van der Waals surface area contributed by atoms with Gasteiger partial charge >= 0.3 is 12.0 Å². The van der Waals surface area contributed by atoms with Crippen LogP contribution in [0.2, 0.25) is 0 Å². The molecule has 1 aliphatic carbocycles. The van der Waals surface area contributed by atoms with Gasteiger partial charge in [-0.25, -0.2) is 4.79 Å². The molecule has 0 aromatic rings. The van der Waals surface area contributed by atoms with E-state index < -0.39 is 5.97 Å². The zero-order valence-electron chi connectivity index (χ0n) is 11.6. The van der Waals surface area contributed by atoms with Crippen molar-refractivity contribution >= 4 is 12.0 Å². The minimum atomic E-state index is -0.865. The van der Waals surface area contributed by atoms with Crippen LogP contribution in [0.1, 0.15) is 47.0 Å². The van der Waals surface area contributed by atoms with Crippen molar-refractivity contribution in [2.24, 2.45) is 11.3 Å². The molecule has 0 heterocycles. The molecule has 0 aliphatic heterocycles. The second-order valence-electron chi connectivity index (χ2n) is 6.25. The Morgan fingerprint density at radius 2 is 1.83 bits per heavy atom. The van der Waals surface area contributed by atoms with Gasteiger partial charge in [0.15, 0.2) is 0 Å². The van der Waals surface area contributed by atoms with Crippen LogP contribution in [0.25, 0.3) is 0 Å². The molecule has 0 aromatic carbocycles. The molecule has 1 fully saturated rings. The van der Waals surface area contributed by atoms with Crippen LogP contribution < -0.4 is 10.6 Å². The highest BCUT2D eigenvalue weighted by Crippen LogP contribution is 2.34. The number of hydrogen-bond acceptors (Lipinski definition) is 2. The van der Waals surface area contributed by atoms with Gasteiger partial charge in [-0.2, -0.15) is 0 Å². The molecule has 18 heavy (non-hydrogen) atoms. The first kappa shape index (κ1) is 14.8. The topological polar surface area (TPSA) is 78.4 Å². The summed E-state index contributed by atoms with van der Waals surface area (Å²) in [6.45, 7) is 8.09. The lowest BCUT2D eigenvalue weighted by Gasteiger charge is -2.29. The standard InChI is InChI=1S/C13H24N2O3/c1-8(13(2,3)4)14-12(18)15-10(7-11(16)17)9-5-6-9/h8-10H,5-7H2,1-4H3,(H,16,17)(H2,14,15,18). The molecule has 2 amide bonds. The maximum Gasteiger partial charge on any atom is 0.315 e. The summed E-state index contributed by atoms with van der Waals surface area (Å²) in [4.78, 5) is 22.5. The average Bonchev–Trinajstić information content (AvgIpc) is 2.96. The monoisotopic (exact) mass is 256 g/mol. The Balaban J connectivity index is 2.44. The second kappa shape index (κ2) is 5.59. The summed E-state index contributed by atoms with van der Waals surface area (Å²) < 4.78 is 0. The van der Waals surface area contributed by atoms with Crippen molar-refractivity contribution in [1.82, 2.24) is 10.6 Å². The second-order valence-corrected chi connectivity index (χ2v) is 6.25. The van der Waals surface area contributed by atoms with Crippen LogP contribution in [-0.4, -0.2) is 29.2 Å². The Labute approximate surface area is 108 Å². The van der Waals surface area contributed by atoms with Crippen molar-refractivity contribution in [3.05, 3.63) is 0 Å². The lowest BCUT2D eigenvalue weighted by molar-refractivity contribution is -0.137. The number of carbonyl (C=O) groups is 2. The first-order valence-corrected chi connectivity index (χ1v) is 6.49. The molecule has 5 heteroatoms. The summed E-state index contributed by atoms with van der Waals surface area (Å²) in [5.74, 6) is -0.534. The number of hydrogen-bond donors (Lipinski definition) is 3. The Morgan fingerprint density at radius 3 is 2.22 bits per heavy atom. The number of rotatable bonds is 5. The third-order valence-corrected chi connectivity index (χ3v) is 3.55. The number of carbonyl (C=O) groups excluding carboxylic acids is 1. The molecule has 0 saturated heterocycles. The van der Waals surface area contributed by atoms with Gasteiger partial charge < -0.3 is 15.7 Å². The van der Waals surface area contributed by atoms with Crippen LogP contribution in [0, 0.1) is 11.3 Å². The van der Waals surface area contributed by atoms with Gasteiger partial charge in [0.25, 0.3) is 0 Å². The number of urea groups is 1. The summed E-state index contributed by atoms with van der Waals surface area (Å²) in [7, 11) is 0. The number of amides is 2. The van der Waals surface area contributed by atoms with E-state index in [2.05, 4.69) is 10.6 Å². The molecule has 0 spiro atoms. The zero-order valence-corrected chi connectivity index (χ0v) is 11.6. The summed E-state index contributed by atoms with van der Waals surface area (Å²) in [6, 6.07) is -0.479. The van der Waals surface area contributed by atoms with Gasteiger partial charge in [-0.15, -0.1) is 0 Å². The number of carboxylic acid groups (broad SMARTS) is 1. The fourth-order valence-electron chi connectivity index (χ4n) is 1.65. The third kappa shape index (κ3) is 4.94. The molecule has 0 aromatic heterocycles. The molecule has 3 N–H and O–H groups in total. The summed E-state index contributed by atoms with van der Waals surface area (Å²) in [5, 5.41) is 14.5. The molecule has 0 bridgehead atoms. The fourth-order valence-corrected chi connectivity index (χ4v) is 1.65. The first-order valence-electron chi connectivity index (χ1n) is 6.49. The van der Waals surface area contributed by atoms with Crippen molar-refractivity contribution < 1.29 is 14.7 Å². The molecular formula is C13H24N2O3. The third-order valence-electron chi connectivity index (χ3n) is 3.55. The van der Waals surface area contributed by atoms with E-state index in [0.29, 0.717) is 5.92 Å². The van der Waals surface area contributed by atoms with Gasteiger partial charge in [0.1, 0.15) is 0 Å². The summed E-state index contributed by atoms with van der Waals surface area (Å²) in [6.07, 6.45) is 2.02.